The SMILES string of the molecule is C=C1c2cc(Br)ccc2O[C@H]2CCN(Cc3ccc(OC)cc3)C[C@H]12. The van der Waals surface area contributed by atoms with Gasteiger partial charge in [0.1, 0.15) is 17.6 Å². The lowest BCUT2D eigenvalue weighted by molar-refractivity contribution is 0.0587. The third kappa shape index (κ3) is 3.33. The van der Waals surface area contributed by atoms with Gasteiger partial charge in [0, 0.05) is 35.6 Å². The number of benzene rings is 2. The normalized spacial score (nSPS) is 22.7. The molecule has 1 fully saturated rings. The molecule has 0 aliphatic carbocycles. The molecule has 2 aromatic rings. The highest BCUT2D eigenvalue weighted by molar-refractivity contribution is 9.10. The summed E-state index contributed by atoms with van der Waals surface area (Å²) in [6, 6.07) is 14.5. The smallest absolute Gasteiger partial charge is 0.127 e. The van der Waals surface area contributed by atoms with Crippen molar-refractivity contribution in [3.05, 3.63) is 64.6 Å². The van der Waals surface area contributed by atoms with Gasteiger partial charge in [-0.3, -0.25) is 4.90 Å². The van der Waals surface area contributed by atoms with Crippen LogP contribution in [0.15, 0.2) is 53.5 Å². The second-order valence-corrected chi connectivity index (χ2v) is 7.72. The zero-order valence-corrected chi connectivity index (χ0v) is 16.0. The number of fused-ring (bicyclic) bond motifs is 2. The predicted molar refractivity (Wildman–Crippen MR) is 104 cm³/mol. The molecule has 2 aliphatic rings. The van der Waals surface area contributed by atoms with Crippen LogP contribution in [0.4, 0.5) is 0 Å². The highest BCUT2D eigenvalue weighted by Crippen LogP contribution is 2.42. The summed E-state index contributed by atoms with van der Waals surface area (Å²) in [7, 11) is 1.70. The standard InChI is InChI=1S/C21H22BrNO2/c1-14-18-11-16(22)5-8-20(18)25-21-9-10-23(13-19(14)21)12-15-3-6-17(24-2)7-4-15/h3-8,11,19,21H,1,9-10,12-13H2,2H3/t19-,21+/m1/s1. The van der Waals surface area contributed by atoms with E-state index in [2.05, 4.69) is 45.6 Å². The molecular formula is C21H22BrNO2. The third-order valence-corrected chi connectivity index (χ3v) is 5.71. The van der Waals surface area contributed by atoms with Gasteiger partial charge in [0.15, 0.2) is 0 Å². The van der Waals surface area contributed by atoms with Crippen molar-refractivity contribution in [3.8, 4) is 11.5 Å². The Morgan fingerprint density at radius 1 is 1.24 bits per heavy atom. The maximum absolute atomic E-state index is 6.27. The molecule has 3 nitrogen and oxygen atoms in total. The summed E-state index contributed by atoms with van der Waals surface area (Å²) < 4.78 is 12.6. The summed E-state index contributed by atoms with van der Waals surface area (Å²) in [5, 5.41) is 0. The lowest BCUT2D eigenvalue weighted by Crippen LogP contribution is -2.47. The van der Waals surface area contributed by atoms with Crippen molar-refractivity contribution < 1.29 is 9.47 Å². The van der Waals surface area contributed by atoms with Crippen LogP contribution < -0.4 is 9.47 Å². The second kappa shape index (κ2) is 6.85. The molecular weight excluding hydrogens is 378 g/mol. The number of halogens is 1. The fraction of sp³-hybridized carbons (Fsp3) is 0.333. The first kappa shape index (κ1) is 16.7. The van der Waals surface area contributed by atoms with Crippen LogP contribution in [0, 0.1) is 5.92 Å². The molecule has 0 unspecified atom stereocenters. The summed E-state index contributed by atoms with van der Waals surface area (Å²) in [4.78, 5) is 2.50. The Balaban J connectivity index is 1.49. The Bertz CT molecular complexity index is 787. The van der Waals surface area contributed by atoms with E-state index < -0.39 is 0 Å². The summed E-state index contributed by atoms with van der Waals surface area (Å²) in [5.74, 6) is 2.23. The largest absolute Gasteiger partial charge is 0.497 e. The van der Waals surface area contributed by atoms with Crippen LogP contribution in [0.3, 0.4) is 0 Å². The average Bonchev–Trinajstić information content (AvgIpc) is 2.64. The monoisotopic (exact) mass is 399 g/mol. The molecule has 0 N–H and O–H groups in total. The number of ether oxygens (including phenoxy) is 2. The summed E-state index contributed by atoms with van der Waals surface area (Å²) >= 11 is 3.56. The molecule has 0 bridgehead atoms. The van der Waals surface area contributed by atoms with Gasteiger partial charge in [-0.2, -0.15) is 0 Å². The van der Waals surface area contributed by atoms with Gasteiger partial charge in [-0.25, -0.2) is 0 Å². The van der Waals surface area contributed by atoms with Gasteiger partial charge >= 0.3 is 0 Å². The first-order valence-corrected chi connectivity index (χ1v) is 9.44. The molecule has 130 valence electrons. The first-order valence-electron chi connectivity index (χ1n) is 8.64. The molecule has 2 heterocycles. The van der Waals surface area contributed by atoms with Crippen molar-refractivity contribution in [1.29, 1.82) is 0 Å². The lowest BCUT2D eigenvalue weighted by atomic mass is 9.82. The van der Waals surface area contributed by atoms with E-state index in [9.17, 15) is 0 Å². The van der Waals surface area contributed by atoms with Crippen molar-refractivity contribution in [2.24, 2.45) is 5.92 Å². The lowest BCUT2D eigenvalue weighted by Gasteiger charge is -2.43. The van der Waals surface area contributed by atoms with Crippen LogP contribution in [0.1, 0.15) is 17.5 Å². The molecule has 25 heavy (non-hydrogen) atoms. The molecule has 0 aromatic heterocycles. The van der Waals surface area contributed by atoms with Crippen molar-refractivity contribution in [3.63, 3.8) is 0 Å². The molecule has 2 aromatic carbocycles. The predicted octanol–water partition coefficient (Wildman–Crippen LogP) is 4.75. The van der Waals surface area contributed by atoms with Crippen molar-refractivity contribution in [2.45, 2.75) is 19.1 Å². The molecule has 0 saturated carbocycles. The van der Waals surface area contributed by atoms with Crippen molar-refractivity contribution in [2.75, 3.05) is 20.2 Å². The van der Waals surface area contributed by atoms with Crippen LogP contribution in [0.5, 0.6) is 11.5 Å². The fourth-order valence-corrected chi connectivity index (χ4v) is 4.19. The van der Waals surface area contributed by atoms with E-state index in [0.29, 0.717) is 5.92 Å². The van der Waals surface area contributed by atoms with E-state index in [-0.39, 0.29) is 6.10 Å². The molecule has 4 heteroatoms. The molecule has 2 aliphatic heterocycles. The van der Waals surface area contributed by atoms with E-state index >= 15 is 0 Å². The summed E-state index contributed by atoms with van der Waals surface area (Å²) in [5.41, 5.74) is 3.65. The molecule has 0 radical (unpaired) electrons. The highest BCUT2D eigenvalue weighted by atomic mass is 79.9. The van der Waals surface area contributed by atoms with E-state index in [1.165, 1.54) is 11.1 Å². The Morgan fingerprint density at radius 2 is 2.04 bits per heavy atom. The van der Waals surface area contributed by atoms with Crippen molar-refractivity contribution in [1.82, 2.24) is 4.90 Å². The van der Waals surface area contributed by atoms with E-state index in [1.807, 2.05) is 24.3 Å². The van der Waals surface area contributed by atoms with E-state index in [0.717, 1.165) is 47.6 Å². The Kier molecular flexibility index (Phi) is 4.57. The van der Waals surface area contributed by atoms with E-state index in [1.54, 1.807) is 7.11 Å². The summed E-state index contributed by atoms with van der Waals surface area (Å²) in [6.07, 6.45) is 1.28. The van der Waals surface area contributed by atoms with Gasteiger partial charge in [0.25, 0.3) is 0 Å². The van der Waals surface area contributed by atoms with Gasteiger partial charge in [-0.1, -0.05) is 34.6 Å². The number of methoxy groups -OCH3 is 1. The minimum absolute atomic E-state index is 0.244. The number of piperidine rings is 1. The van der Waals surface area contributed by atoms with Crippen molar-refractivity contribution >= 4 is 21.5 Å². The van der Waals surface area contributed by atoms with Crippen LogP contribution in [0.25, 0.3) is 5.57 Å². The molecule has 4 rings (SSSR count). The molecule has 0 spiro atoms. The Labute approximate surface area is 157 Å². The first-order chi connectivity index (χ1) is 12.1. The zero-order chi connectivity index (χ0) is 17.4. The Hall–Kier alpha value is -1.78. The van der Waals surface area contributed by atoms with Gasteiger partial charge in [0.05, 0.1) is 7.11 Å². The van der Waals surface area contributed by atoms with Crippen LogP contribution in [-0.4, -0.2) is 31.2 Å². The Morgan fingerprint density at radius 3 is 2.80 bits per heavy atom. The quantitative estimate of drug-likeness (QED) is 0.742. The van der Waals surface area contributed by atoms with Gasteiger partial charge < -0.3 is 9.47 Å². The number of likely N-dealkylation sites (tertiary alicyclic amines) is 1. The van der Waals surface area contributed by atoms with E-state index in [4.69, 9.17) is 9.47 Å². The number of hydrogen-bond donors (Lipinski definition) is 0. The number of nitrogens with zero attached hydrogens (tertiary/aromatic N) is 1. The number of hydrogen-bond acceptors (Lipinski definition) is 3. The van der Waals surface area contributed by atoms with Gasteiger partial charge in [-0.15, -0.1) is 0 Å². The molecule has 0 amide bonds. The summed E-state index contributed by atoms with van der Waals surface area (Å²) in [6.45, 7) is 7.39. The van der Waals surface area contributed by atoms with Crippen LogP contribution in [0.2, 0.25) is 0 Å². The zero-order valence-electron chi connectivity index (χ0n) is 14.4. The topological polar surface area (TPSA) is 21.7 Å². The number of rotatable bonds is 3. The molecule has 2 atom stereocenters. The minimum atomic E-state index is 0.244. The maximum atomic E-state index is 6.27. The van der Waals surface area contributed by atoms with Gasteiger partial charge in [0.2, 0.25) is 0 Å². The third-order valence-electron chi connectivity index (χ3n) is 5.21. The maximum Gasteiger partial charge on any atom is 0.127 e. The second-order valence-electron chi connectivity index (χ2n) is 6.80. The average molecular weight is 400 g/mol. The highest BCUT2D eigenvalue weighted by Gasteiger charge is 2.37. The van der Waals surface area contributed by atoms with Crippen LogP contribution in [-0.2, 0) is 6.54 Å². The van der Waals surface area contributed by atoms with Crippen LogP contribution >= 0.6 is 15.9 Å². The van der Waals surface area contributed by atoms with Gasteiger partial charge in [-0.05, 0) is 47.9 Å². The minimum Gasteiger partial charge on any atom is -0.497 e. The fourth-order valence-electron chi connectivity index (χ4n) is 3.83. The molecule has 1 saturated heterocycles.